The summed E-state index contributed by atoms with van der Waals surface area (Å²) < 4.78 is 7.76. The minimum Gasteiger partial charge on any atom is -0.496 e. The van der Waals surface area contributed by atoms with Crippen LogP contribution in [0.25, 0.3) is 26.0 Å². The molecule has 4 rings (SSSR count). The molecule has 0 aliphatic carbocycles. The van der Waals surface area contributed by atoms with E-state index in [1.807, 2.05) is 42.5 Å². The topological polar surface area (TPSA) is 44.1 Å². The zero-order valence-corrected chi connectivity index (χ0v) is 12.6. The minimum absolute atomic E-state index is 0.0336. The number of thiophene rings is 1. The van der Waals surface area contributed by atoms with Crippen LogP contribution in [0, 0.1) is 0 Å². The van der Waals surface area contributed by atoms with Crippen molar-refractivity contribution < 1.29 is 4.74 Å². The second-order valence-corrected chi connectivity index (χ2v) is 5.86. The van der Waals surface area contributed by atoms with Crippen LogP contribution in [0.2, 0.25) is 0 Å². The molecular weight excluding hydrogens is 296 g/mol. The van der Waals surface area contributed by atoms with Gasteiger partial charge in [0.25, 0.3) is 5.56 Å². The van der Waals surface area contributed by atoms with Crippen LogP contribution >= 0.6 is 11.3 Å². The maximum atomic E-state index is 12.8. The van der Waals surface area contributed by atoms with E-state index < -0.39 is 0 Å². The molecule has 0 amide bonds. The van der Waals surface area contributed by atoms with Gasteiger partial charge in [-0.05, 0) is 24.3 Å². The van der Waals surface area contributed by atoms with Crippen molar-refractivity contribution in [3.8, 4) is 11.4 Å². The summed E-state index contributed by atoms with van der Waals surface area (Å²) in [5.41, 5.74) is 0.820. The molecule has 0 aliphatic heterocycles. The van der Waals surface area contributed by atoms with E-state index in [9.17, 15) is 4.79 Å². The number of hydrogen-bond acceptors (Lipinski definition) is 4. The second kappa shape index (κ2) is 4.96. The Labute approximate surface area is 130 Å². The van der Waals surface area contributed by atoms with Crippen molar-refractivity contribution in [1.29, 1.82) is 0 Å². The fourth-order valence-corrected chi connectivity index (χ4v) is 3.71. The SMILES string of the molecule is COc1ccnc2sc3c(=O)n(-c4ccccc4)ccc3c12. The highest BCUT2D eigenvalue weighted by Crippen LogP contribution is 2.36. The normalized spacial score (nSPS) is 11.1. The van der Waals surface area contributed by atoms with Crippen LogP contribution in [-0.4, -0.2) is 16.7 Å². The summed E-state index contributed by atoms with van der Waals surface area (Å²) >= 11 is 1.40. The van der Waals surface area contributed by atoms with Gasteiger partial charge < -0.3 is 4.74 Å². The molecule has 0 aliphatic rings. The maximum Gasteiger partial charge on any atom is 0.273 e. The Morgan fingerprint density at radius 1 is 1.14 bits per heavy atom. The molecule has 0 saturated heterocycles. The zero-order valence-electron chi connectivity index (χ0n) is 11.8. The van der Waals surface area contributed by atoms with Gasteiger partial charge in [0.15, 0.2) is 0 Å². The van der Waals surface area contributed by atoms with Crippen molar-refractivity contribution in [1.82, 2.24) is 9.55 Å². The lowest BCUT2D eigenvalue weighted by Crippen LogP contribution is -2.16. The molecule has 3 aromatic heterocycles. The Morgan fingerprint density at radius 2 is 1.95 bits per heavy atom. The largest absolute Gasteiger partial charge is 0.496 e. The first-order chi connectivity index (χ1) is 10.8. The maximum absolute atomic E-state index is 12.8. The van der Waals surface area contributed by atoms with Crippen LogP contribution in [0.4, 0.5) is 0 Å². The number of pyridine rings is 2. The van der Waals surface area contributed by atoms with Crippen molar-refractivity contribution in [2.45, 2.75) is 0 Å². The summed E-state index contributed by atoms with van der Waals surface area (Å²) in [7, 11) is 1.63. The highest BCUT2D eigenvalue weighted by atomic mass is 32.1. The van der Waals surface area contributed by atoms with E-state index in [2.05, 4.69) is 4.98 Å². The lowest BCUT2D eigenvalue weighted by Gasteiger charge is -2.05. The van der Waals surface area contributed by atoms with Gasteiger partial charge in [-0.1, -0.05) is 18.2 Å². The zero-order chi connectivity index (χ0) is 15.1. The predicted octanol–water partition coefficient (Wildman–Crippen LogP) is 3.61. The number of methoxy groups -OCH3 is 1. The Morgan fingerprint density at radius 3 is 2.73 bits per heavy atom. The van der Waals surface area contributed by atoms with Gasteiger partial charge in [-0.25, -0.2) is 4.98 Å². The number of benzene rings is 1. The fraction of sp³-hybridized carbons (Fsp3) is 0.0588. The van der Waals surface area contributed by atoms with E-state index >= 15 is 0 Å². The fourth-order valence-electron chi connectivity index (χ4n) is 2.62. The molecule has 0 spiro atoms. The Balaban J connectivity index is 2.09. The minimum atomic E-state index is -0.0336. The summed E-state index contributed by atoms with van der Waals surface area (Å²) in [6.07, 6.45) is 3.50. The Kier molecular flexibility index (Phi) is 2.94. The number of aromatic nitrogens is 2. The lowest BCUT2D eigenvalue weighted by atomic mass is 10.2. The quantitative estimate of drug-likeness (QED) is 0.568. The molecule has 4 nitrogen and oxygen atoms in total. The number of ether oxygens (including phenoxy) is 1. The predicted molar refractivity (Wildman–Crippen MR) is 89.3 cm³/mol. The second-order valence-electron chi connectivity index (χ2n) is 4.86. The molecule has 0 atom stereocenters. The summed E-state index contributed by atoms with van der Waals surface area (Å²) in [4.78, 5) is 18.0. The third-order valence-corrected chi connectivity index (χ3v) is 4.75. The summed E-state index contributed by atoms with van der Waals surface area (Å²) in [6, 6.07) is 13.4. The number of fused-ring (bicyclic) bond motifs is 3. The smallest absolute Gasteiger partial charge is 0.273 e. The average molecular weight is 308 g/mol. The average Bonchev–Trinajstić information content (AvgIpc) is 2.96. The molecule has 0 radical (unpaired) electrons. The first-order valence-corrected chi connectivity index (χ1v) is 7.63. The number of rotatable bonds is 2. The highest BCUT2D eigenvalue weighted by molar-refractivity contribution is 7.25. The standard InChI is InChI=1S/C17H12N2O2S/c1-21-13-7-9-18-16-14(13)12-8-10-19(17(20)15(12)22-16)11-5-3-2-4-6-11/h2-10H,1H3. The van der Waals surface area contributed by atoms with Crippen molar-refractivity contribution >= 4 is 31.6 Å². The van der Waals surface area contributed by atoms with Gasteiger partial charge in [0.2, 0.25) is 0 Å². The summed E-state index contributed by atoms with van der Waals surface area (Å²) in [5, 5.41) is 1.80. The van der Waals surface area contributed by atoms with E-state index in [0.717, 1.165) is 27.0 Å². The van der Waals surface area contributed by atoms with Gasteiger partial charge in [0.05, 0.1) is 12.5 Å². The van der Waals surface area contributed by atoms with Gasteiger partial charge in [0.1, 0.15) is 15.3 Å². The molecule has 4 aromatic rings. The van der Waals surface area contributed by atoms with Crippen molar-refractivity contribution in [2.24, 2.45) is 0 Å². The van der Waals surface area contributed by atoms with E-state index in [-0.39, 0.29) is 5.56 Å². The molecule has 1 aromatic carbocycles. The molecular formula is C17H12N2O2S. The number of para-hydroxylation sites is 1. The first kappa shape index (κ1) is 13.0. The number of nitrogens with zero attached hydrogens (tertiary/aromatic N) is 2. The van der Waals surface area contributed by atoms with Crippen LogP contribution in [0.15, 0.2) is 59.7 Å². The molecule has 3 heterocycles. The van der Waals surface area contributed by atoms with E-state index in [4.69, 9.17) is 4.74 Å². The van der Waals surface area contributed by atoms with Crippen molar-refractivity contribution in [2.75, 3.05) is 7.11 Å². The molecule has 22 heavy (non-hydrogen) atoms. The monoisotopic (exact) mass is 308 g/mol. The molecule has 5 heteroatoms. The highest BCUT2D eigenvalue weighted by Gasteiger charge is 2.14. The van der Waals surface area contributed by atoms with E-state index in [1.54, 1.807) is 24.1 Å². The van der Waals surface area contributed by atoms with Crippen LogP contribution in [0.3, 0.4) is 0 Å². The van der Waals surface area contributed by atoms with Gasteiger partial charge in [-0.15, -0.1) is 11.3 Å². The third kappa shape index (κ3) is 1.83. The first-order valence-electron chi connectivity index (χ1n) is 6.82. The molecule has 0 saturated carbocycles. The molecule has 0 N–H and O–H groups in total. The van der Waals surface area contributed by atoms with Crippen molar-refractivity contribution in [3.05, 3.63) is 65.2 Å². The van der Waals surface area contributed by atoms with Crippen LogP contribution in [-0.2, 0) is 0 Å². The molecule has 0 fully saturated rings. The Bertz CT molecular complexity index is 1040. The van der Waals surface area contributed by atoms with E-state index in [1.165, 1.54) is 11.3 Å². The Hall–Kier alpha value is -2.66. The van der Waals surface area contributed by atoms with Gasteiger partial charge in [0, 0.05) is 23.5 Å². The van der Waals surface area contributed by atoms with Crippen LogP contribution in [0.1, 0.15) is 0 Å². The van der Waals surface area contributed by atoms with Gasteiger partial charge >= 0.3 is 0 Å². The third-order valence-electron chi connectivity index (χ3n) is 3.65. The van der Waals surface area contributed by atoms with Gasteiger partial charge in [-0.3, -0.25) is 9.36 Å². The van der Waals surface area contributed by atoms with Crippen LogP contribution in [0.5, 0.6) is 5.75 Å². The summed E-state index contributed by atoms with van der Waals surface area (Å²) in [5.74, 6) is 0.744. The van der Waals surface area contributed by atoms with Crippen molar-refractivity contribution in [3.63, 3.8) is 0 Å². The summed E-state index contributed by atoms with van der Waals surface area (Å²) in [6.45, 7) is 0. The van der Waals surface area contributed by atoms with Crippen LogP contribution < -0.4 is 10.3 Å². The number of hydrogen-bond donors (Lipinski definition) is 0. The molecule has 108 valence electrons. The molecule has 0 bridgehead atoms. The lowest BCUT2D eigenvalue weighted by molar-refractivity contribution is 0.420. The van der Waals surface area contributed by atoms with Gasteiger partial charge in [-0.2, -0.15) is 0 Å². The van der Waals surface area contributed by atoms with E-state index in [0.29, 0.717) is 4.70 Å². The molecule has 0 unspecified atom stereocenters.